The van der Waals surface area contributed by atoms with Crippen molar-refractivity contribution in [3.05, 3.63) is 66.2 Å². The Hall–Kier alpha value is -2.40. The number of nitrogens with one attached hydrogen (secondary N) is 1. The van der Waals surface area contributed by atoms with Crippen LogP contribution in [0.25, 0.3) is 5.69 Å². The molecule has 0 aliphatic rings. The van der Waals surface area contributed by atoms with E-state index in [0.29, 0.717) is 5.69 Å². The molecule has 0 saturated carbocycles. The van der Waals surface area contributed by atoms with Crippen molar-refractivity contribution in [2.45, 2.75) is 6.10 Å². The Kier molecular flexibility index (Phi) is 2.66. The van der Waals surface area contributed by atoms with Crippen LogP contribution >= 0.6 is 0 Å². The molecule has 1 aromatic carbocycles. The van der Waals surface area contributed by atoms with Gasteiger partial charge in [0.2, 0.25) is 0 Å². The fraction of sp³-hybridized carbons (Fsp3) is 0.0769. The molecule has 3 rings (SSSR count). The molecule has 2 heterocycles. The Morgan fingerprint density at radius 3 is 2.72 bits per heavy atom. The van der Waals surface area contributed by atoms with Gasteiger partial charge in [-0.15, -0.1) is 0 Å². The van der Waals surface area contributed by atoms with E-state index in [-0.39, 0.29) is 0 Å². The fourth-order valence-electron chi connectivity index (χ4n) is 1.80. The van der Waals surface area contributed by atoms with Gasteiger partial charge in [0, 0.05) is 18.0 Å². The number of aliphatic hydroxyl groups is 1. The van der Waals surface area contributed by atoms with E-state index < -0.39 is 6.10 Å². The molecule has 1 atom stereocenters. The van der Waals surface area contributed by atoms with Crippen molar-refractivity contribution in [3.8, 4) is 5.69 Å². The third-order valence-electron chi connectivity index (χ3n) is 2.76. The average molecular weight is 240 g/mol. The molecule has 0 spiro atoms. The molecule has 0 radical (unpaired) electrons. The molecule has 1 unspecified atom stereocenters. The summed E-state index contributed by atoms with van der Waals surface area (Å²) in [6, 6.07) is 11.5. The highest BCUT2D eigenvalue weighted by atomic mass is 16.3. The highest BCUT2D eigenvalue weighted by molar-refractivity contribution is 5.32. The van der Waals surface area contributed by atoms with Gasteiger partial charge in [-0.3, -0.25) is 5.10 Å². The van der Waals surface area contributed by atoms with Crippen molar-refractivity contribution in [3.63, 3.8) is 0 Å². The van der Waals surface area contributed by atoms with Crippen LogP contribution in [0.5, 0.6) is 0 Å². The van der Waals surface area contributed by atoms with Gasteiger partial charge in [0.1, 0.15) is 6.10 Å². The Labute approximate surface area is 104 Å². The molecule has 0 amide bonds. The Bertz CT molecular complexity index is 616. The zero-order valence-electron chi connectivity index (χ0n) is 9.56. The highest BCUT2D eigenvalue weighted by Gasteiger charge is 2.14. The van der Waals surface area contributed by atoms with Crippen molar-refractivity contribution in [1.29, 1.82) is 0 Å². The molecular weight excluding hydrogens is 228 g/mol. The van der Waals surface area contributed by atoms with Crippen LogP contribution in [0.15, 0.2) is 55.0 Å². The predicted molar refractivity (Wildman–Crippen MR) is 66.2 cm³/mol. The van der Waals surface area contributed by atoms with Gasteiger partial charge in [-0.25, -0.2) is 4.68 Å². The number of hydrogen-bond acceptors (Lipinski definition) is 3. The maximum Gasteiger partial charge on any atom is 0.123 e. The number of aromatic amines is 1. The van der Waals surface area contributed by atoms with E-state index >= 15 is 0 Å². The summed E-state index contributed by atoms with van der Waals surface area (Å²) in [5, 5.41) is 20.9. The summed E-state index contributed by atoms with van der Waals surface area (Å²) in [6.45, 7) is 0. The molecule has 2 N–H and O–H groups in total. The lowest BCUT2D eigenvalue weighted by atomic mass is 10.1. The number of aliphatic hydroxyl groups excluding tert-OH is 1. The normalized spacial score (nSPS) is 12.5. The van der Waals surface area contributed by atoms with Crippen LogP contribution in [-0.2, 0) is 0 Å². The second kappa shape index (κ2) is 4.46. The van der Waals surface area contributed by atoms with E-state index in [1.807, 2.05) is 30.3 Å². The molecular formula is C13H12N4O. The smallest absolute Gasteiger partial charge is 0.123 e. The molecule has 0 aliphatic heterocycles. The van der Waals surface area contributed by atoms with Crippen LogP contribution in [0.1, 0.15) is 17.4 Å². The zero-order chi connectivity index (χ0) is 12.4. The third-order valence-corrected chi connectivity index (χ3v) is 2.76. The summed E-state index contributed by atoms with van der Waals surface area (Å²) < 4.78 is 1.73. The zero-order valence-corrected chi connectivity index (χ0v) is 9.56. The number of rotatable bonds is 3. The van der Waals surface area contributed by atoms with Crippen LogP contribution in [0.2, 0.25) is 0 Å². The topological polar surface area (TPSA) is 66.7 Å². The lowest BCUT2D eigenvalue weighted by Gasteiger charge is -2.04. The molecule has 0 saturated heterocycles. The van der Waals surface area contributed by atoms with Crippen LogP contribution < -0.4 is 0 Å². The number of aromatic nitrogens is 4. The second-order valence-electron chi connectivity index (χ2n) is 3.97. The minimum Gasteiger partial charge on any atom is -0.382 e. The first-order valence-corrected chi connectivity index (χ1v) is 5.62. The SMILES string of the molecule is OC(c1cnn(-c2ccccc2)c1)c1ccn[nH]1. The first-order valence-electron chi connectivity index (χ1n) is 5.62. The predicted octanol–water partition coefficient (Wildman–Crippen LogP) is 1.68. The lowest BCUT2D eigenvalue weighted by Crippen LogP contribution is -1.99. The van der Waals surface area contributed by atoms with Crippen molar-refractivity contribution in [2.75, 3.05) is 0 Å². The minimum absolute atomic E-state index is 0.655. The number of H-pyrrole nitrogens is 1. The Morgan fingerprint density at radius 2 is 2.00 bits per heavy atom. The molecule has 18 heavy (non-hydrogen) atoms. The Balaban J connectivity index is 1.90. The molecule has 3 aromatic rings. The number of para-hydroxylation sites is 1. The molecule has 90 valence electrons. The van der Waals surface area contributed by atoms with Crippen LogP contribution in [-0.4, -0.2) is 25.1 Å². The summed E-state index contributed by atoms with van der Waals surface area (Å²) in [7, 11) is 0. The van der Waals surface area contributed by atoms with Crippen molar-refractivity contribution in [1.82, 2.24) is 20.0 Å². The second-order valence-corrected chi connectivity index (χ2v) is 3.97. The number of hydrogen-bond donors (Lipinski definition) is 2. The van der Waals surface area contributed by atoms with Crippen LogP contribution in [0.3, 0.4) is 0 Å². The Morgan fingerprint density at radius 1 is 1.17 bits per heavy atom. The maximum atomic E-state index is 10.1. The average Bonchev–Trinajstić information content (AvgIpc) is 3.10. The monoisotopic (exact) mass is 240 g/mol. The van der Waals surface area contributed by atoms with E-state index in [1.54, 1.807) is 29.3 Å². The molecule has 0 aliphatic carbocycles. The van der Waals surface area contributed by atoms with Crippen LogP contribution in [0.4, 0.5) is 0 Å². The van der Waals surface area contributed by atoms with E-state index in [2.05, 4.69) is 15.3 Å². The van der Waals surface area contributed by atoms with E-state index in [0.717, 1.165) is 11.3 Å². The van der Waals surface area contributed by atoms with E-state index in [9.17, 15) is 5.11 Å². The summed E-state index contributed by atoms with van der Waals surface area (Å²) in [5.41, 5.74) is 2.34. The summed E-state index contributed by atoms with van der Waals surface area (Å²) in [4.78, 5) is 0. The van der Waals surface area contributed by atoms with Gasteiger partial charge in [0.15, 0.2) is 0 Å². The van der Waals surface area contributed by atoms with Gasteiger partial charge in [-0.1, -0.05) is 18.2 Å². The maximum absolute atomic E-state index is 10.1. The lowest BCUT2D eigenvalue weighted by molar-refractivity contribution is 0.215. The van der Waals surface area contributed by atoms with Crippen LogP contribution in [0, 0.1) is 0 Å². The largest absolute Gasteiger partial charge is 0.382 e. The van der Waals surface area contributed by atoms with Gasteiger partial charge >= 0.3 is 0 Å². The minimum atomic E-state index is -0.732. The van der Waals surface area contributed by atoms with Crippen molar-refractivity contribution >= 4 is 0 Å². The first kappa shape index (κ1) is 10.7. The molecule has 5 heteroatoms. The fourth-order valence-corrected chi connectivity index (χ4v) is 1.80. The summed E-state index contributed by atoms with van der Waals surface area (Å²) in [6.07, 6.45) is 4.34. The van der Waals surface area contributed by atoms with E-state index in [4.69, 9.17) is 0 Å². The van der Waals surface area contributed by atoms with Gasteiger partial charge < -0.3 is 5.11 Å². The van der Waals surface area contributed by atoms with Crippen molar-refractivity contribution in [2.24, 2.45) is 0 Å². The summed E-state index contributed by atoms with van der Waals surface area (Å²) >= 11 is 0. The molecule has 2 aromatic heterocycles. The van der Waals surface area contributed by atoms with Gasteiger partial charge in [0.05, 0.1) is 17.6 Å². The number of benzene rings is 1. The van der Waals surface area contributed by atoms with Crippen molar-refractivity contribution < 1.29 is 5.11 Å². The van der Waals surface area contributed by atoms with Gasteiger partial charge in [-0.2, -0.15) is 10.2 Å². The molecule has 0 fully saturated rings. The third kappa shape index (κ3) is 1.91. The summed E-state index contributed by atoms with van der Waals surface area (Å²) in [5.74, 6) is 0. The molecule has 0 bridgehead atoms. The first-order chi connectivity index (χ1) is 8.84. The standard InChI is InChI=1S/C13H12N4O/c18-13(12-6-7-14-16-12)10-8-15-17(9-10)11-4-2-1-3-5-11/h1-9,13,18H,(H,14,16). The van der Waals surface area contributed by atoms with Gasteiger partial charge in [0.25, 0.3) is 0 Å². The highest BCUT2D eigenvalue weighted by Crippen LogP contribution is 2.20. The van der Waals surface area contributed by atoms with Gasteiger partial charge in [-0.05, 0) is 18.2 Å². The molecule has 5 nitrogen and oxygen atoms in total. The van der Waals surface area contributed by atoms with E-state index in [1.165, 1.54) is 0 Å². The quantitative estimate of drug-likeness (QED) is 0.732. The number of nitrogens with zero attached hydrogens (tertiary/aromatic N) is 3.